The molecule has 0 atom stereocenters. The zero-order chi connectivity index (χ0) is 20.5. The van der Waals surface area contributed by atoms with E-state index in [-0.39, 0.29) is 11.4 Å². The monoisotopic (exact) mass is 344 g/mol. The van der Waals surface area contributed by atoms with E-state index in [0.29, 0.717) is 16.3 Å². The number of nitrogens with zero attached hydrogens (tertiary/aromatic N) is 2. The van der Waals surface area contributed by atoms with Crippen molar-refractivity contribution in [3.05, 3.63) is 64.9 Å². The number of pyridine rings is 1. The maximum atomic E-state index is 12.6. The minimum absolute atomic E-state index is 0.00766. The van der Waals surface area contributed by atoms with Crippen LogP contribution in [0.3, 0.4) is 0 Å². The maximum Gasteiger partial charge on any atom is 0.225 e. The SMILES string of the molecule is [2H]C([2H])(C(=O)Nc1n[nH]c(-c2ccncc2)c1C)C([2H])([2H])c1ccc(Cl)cc1. The molecule has 5 nitrogen and oxygen atoms in total. The molecule has 0 aliphatic rings. The number of carbonyl (C=O) groups excluding carboxylic acids is 1. The lowest BCUT2D eigenvalue weighted by Gasteiger charge is -2.04. The summed E-state index contributed by atoms with van der Waals surface area (Å²) in [6.07, 6.45) is -2.21. The summed E-state index contributed by atoms with van der Waals surface area (Å²) < 4.78 is 32.6. The number of hydrogen-bond acceptors (Lipinski definition) is 3. The Balaban J connectivity index is 1.86. The second kappa shape index (κ2) is 7.27. The van der Waals surface area contributed by atoms with Crippen LogP contribution in [-0.4, -0.2) is 21.1 Å². The van der Waals surface area contributed by atoms with Crippen molar-refractivity contribution < 1.29 is 10.3 Å². The zero-order valence-corrected chi connectivity index (χ0v) is 13.6. The molecule has 3 aromatic rings. The van der Waals surface area contributed by atoms with E-state index in [1.807, 2.05) is 0 Å². The highest BCUT2D eigenvalue weighted by molar-refractivity contribution is 6.30. The van der Waals surface area contributed by atoms with Crippen LogP contribution in [0.4, 0.5) is 5.82 Å². The first-order chi connectivity index (χ1) is 13.1. The molecule has 24 heavy (non-hydrogen) atoms. The molecule has 0 aliphatic carbocycles. The fraction of sp³-hybridized carbons (Fsp3) is 0.167. The number of halogens is 1. The molecule has 0 radical (unpaired) electrons. The third-order valence-corrected chi connectivity index (χ3v) is 3.63. The Bertz CT molecular complexity index is 991. The molecule has 0 fully saturated rings. The predicted molar refractivity (Wildman–Crippen MR) is 95.0 cm³/mol. The van der Waals surface area contributed by atoms with E-state index in [9.17, 15) is 4.79 Å². The van der Waals surface area contributed by atoms with Gasteiger partial charge in [0.25, 0.3) is 0 Å². The van der Waals surface area contributed by atoms with Crippen molar-refractivity contribution in [2.24, 2.45) is 0 Å². The third kappa shape index (κ3) is 3.81. The van der Waals surface area contributed by atoms with Gasteiger partial charge in [-0.2, -0.15) is 5.10 Å². The molecule has 0 aliphatic heterocycles. The number of amides is 1. The summed E-state index contributed by atoms with van der Waals surface area (Å²) in [4.78, 5) is 16.5. The minimum atomic E-state index is -2.86. The maximum absolute atomic E-state index is 12.6. The standard InChI is InChI=1S/C18H17ClN4O/c1-12-17(14-8-10-20-11-9-14)22-23-18(12)21-16(24)7-4-13-2-5-15(19)6-3-13/h2-3,5-6,8-11H,4,7H2,1H3,(H2,21,22,23,24)/i4D2,7D2. The van der Waals surface area contributed by atoms with Gasteiger partial charge in [-0.25, -0.2) is 0 Å². The third-order valence-electron chi connectivity index (χ3n) is 3.38. The van der Waals surface area contributed by atoms with E-state index in [0.717, 1.165) is 5.56 Å². The number of rotatable bonds is 5. The molecule has 0 bridgehead atoms. The van der Waals surface area contributed by atoms with Gasteiger partial charge in [-0.05, 0) is 43.1 Å². The topological polar surface area (TPSA) is 70.7 Å². The van der Waals surface area contributed by atoms with Gasteiger partial charge in [0.15, 0.2) is 5.82 Å². The van der Waals surface area contributed by atoms with Crippen LogP contribution < -0.4 is 5.32 Å². The van der Waals surface area contributed by atoms with Crippen LogP contribution in [0.5, 0.6) is 0 Å². The van der Waals surface area contributed by atoms with Gasteiger partial charge in [0.1, 0.15) is 0 Å². The summed E-state index contributed by atoms with van der Waals surface area (Å²) in [5.74, 6) is -1.00. The van der Waals surface area contributed by atoms with Crippen LogP contribution in [0.25, 0.3) is 11.3 Å². The second-order valence-corrected chi connectivity index (χ2v) is 5.46. The smallest absolute Gasteiger partial charge is 0.225 e. The van der Waals surface area contributed by atoms with E-state index in [2.05, 4.69) is 20.5 Å². The number of nitrogens with one attached hydrogen (secondary N) is 2. The summed E-state index contributed by atoms with van der Waals surface area (Å²) in [5, 5.41) is 9.61. The van der Waals surface area contributed by atoms with Crippen LogP contribution in [0.15, 0.2) is 48.8 Å². The highest BCUT2D eigenvalue weighted by atomic mass is 35.5. The molecule has 1 amide bonds. The highest BCUT2D eigenvalue weighted by Crippen LogP contribution is 2.25. The van der Waals surface area contributed by atoms with Crippen LogP contribution in [-0.2, 0) is 11.2 Å². The van der Waals surface area contributed by atoms with Gasteiger partial charge >= 0.3 is 0 Å². The fourth-order valence-corrected chi connectivity index (χ4v) is 2.25. The van der Waals surface area contributed by atoms with Crippen molar-refractivity contribution in [3.8, 4) is 11.3 Å². The molecule has 0 spiro atoms. The normalized spacial score (nSPS) is 14.2. The van der Waals surface area contributed by atoms with Gasteiger partial charge in [-0.3, -0.25) is 14.9 Å². The number of carbonyl (C=O) groups is 1. The first-order valence-corrected chi connectivity index (χ1v) is 7.55. The number of aryl methyl sites for hydroxylation is 1. The lowest BCUT2D eigenvalue weighted by molar-refractivity contribution is -0.116. The number of anilines is 1. The Morgan fingerprint density at radius 2 is 1.96 bits per heavy atom. The molecule has 0 saturated heterocycles. The average molecular weight is 345 g/mol. The molecular formula is C18H17ClN4O. The van der Waals surface area contributed by atoms with Crippen molar-refractivity contribution >= 4 is 23.3 Å². The molecule has 0 saturated carbocycles. The summed E-state index contributed by atoms with van der Waals surface area (Å²) in [5.41, 5.74) is 2.06. The molecule has 2 N–H and O–H groups in total. The summed E-state index contributed by atoms with van der Waals surface area (Å²) in [6, 6.07) is 9.14. The quantitative estimate of drug-likeness (QED) is 0.734. The van der Waals surface area contributed by atoms with Crippen molar-refractivity contribution in [2.45, 2.75) is 19.7 Å². The van der Waals surface area contributed by atoms with Crippen molar-refractivity contribution in [3.63, 3.8) is 0 Å². The summed E-state index contributed by atoms with van der Waals surface area (Å²) >= 11 is 5.81. The van der Waals surface area contributed by atoms with Gasteiger partial charge in [0.05, 0.1) is 5.69 Å². The molecule has 0 unspecified atom stereocenters. The molecule has 3 rings (SSSR count). The molecule has 122 valence electrons. The van der Waals surface area contributed by atoms with Crippen molar-refractivity contribution in [2.75, 3.05) is 5.32 Å². The van der Waals surface area contributed by atoms with Gasteiger partial charge in [-0.15, -0.1) is 0 Å². The van der Waals surface area contributed by atoms with Crippen molar-refractivity contribution in [1.82, 2.24) is 15.2 Å². The van der Waals surface area contributed by atoms with Crippen molar-refractivity contribution in [1.29, 1.82) is 0 Å². The number of aromatic amines is 1. The minimum Gasteiger partial charge on any atom is -0.309 e. The summed E-state index contributed by atoms with van der Waals surface area (Å²) in [6.45, 7) is 1.72. The van der Waals surface area contributed by atoms with E-state index in [1.54, 1.807) is 31.5 Å². The molecular weight excluding hydrogens is 324 g/mol. The number of hydrogen-bond donors (Lipinski definition) is 2. The molecule has 2 heterocycles. The molecule has 6 heteroatoms. The van der Waals surface area contributed by atoms with Gasteiger partial charge in [0.2, 0.25) is 5.91 Å². The Morgan fingerprint density at radius 3 is 2.67 bits per heavy atom. The molecule has 2 aromatic heterocycles. The van der Waals surface area contributed by atoms with E-state index in [1.165, 1.54) is 24.3 Å². The Morgan fingerprint density at radius 1 is 1.25 bits per heavy atom. The van der Waals surface area contributed by atoms with Gasteiger partial charge in [-0.1, -0.05) is 23.7 Å². The number of benzene rings is 1. The highest BCUT2D eigenvalue weighted by Gasteiger charge is 2.13. The summed E-state index contributed by atoms with van der Waals surface area (Å²) in [7, 11) is 0. The van der Waals surface area contributed by atoms with E-state index >= 15 is 0 Å². The molecule has 1 aromatic carbocycles. The first-order valence-electron chi connectivity index (χ1n) is 9.17. The predicted octanol–water partition coefficient (Wildman–Crippen LogP) is 4.00. The fourth-order valence-electron chi connectivity index (χ4n) is 2.12. The Kier molecular flexibility index (Phi) is 3.58. The zero-order valence-electron chi connectivity index (χ0n) is 16.8. The lowest BCUT2D eigenvalue weighted by Crippen LogP contribution is -2.13. The Hall–Kier alpha value is -2.66. The second-order valence-electron chi connectivity index (χ2n) is 5.02. The number of aromatic nitrogens is 3. The van der Waals surface area contributed by atoms with Gasteiger partial charge < -0.3 is 5.32 Å². The van der Waals surface area contributed by atoms with E-state index < -0.39 is 18.7 Å². The lowest BCUT2D eigenvalue weighted by atomic mass is 10.1. The van der Waals surface area contributed by atoms with Crippen LogP contribution in [0.1, 0.15) is 23.0 Å². The largest absolute Gasteiger partial charge is 0.309 e. The van der Waals surface area contributed by atoms with Gasteiger partial charge in [0, 0.05) is 40.4 Å². The van der Waals surface area contributed by atoms with Crippen LogP contribution in [0.2, 0.25) is 5.02 Å². The van der Waals surface area contributed by atoms with E-state index in [4.69, 9.17) is 17.1 Å². The first kappa shape index (κ1) is 11.8. The number of H-pyrrole nitrogens is 1. The van der Waals surface area contributed by atoms with Crippen LogP contribution >= 0.6 is 11.6 Å². The average Bonchev–Trinajstić information content (AvgIpc) is 3.03. The Labute approximate surface area is 150 Å². The van der Waals surface area contributed by atoms with Crippen LogP contribution in [0, 0.1) is 6.92 Å².